The lowest BCUT2D eigenvalue weighted by Gasteiger charge is -2.18. The summed E-state index contributed by atoms with van der Waals surface area (Å²) in [6, 6.07) is 7.96. The normalized spacial score (nSPS) is 18.0. The van der Waals surface area contributed by atoms with E-state index in [1.165, 1.54) is 0 Å². The number of benzene rings is 1. The van der Waals surface area contributed by atoms with Gasteiger partial charge in [-0.1, -0.05) is 19.1 Å². The summed E-state index contributed by atoms with van der Waals surface area (Å²) in [6.07, 6.45) is 1.03. The maximum Gasteiger partial charge on any atom is 0.321 e. The quantitative estimate of drug-likeness (QED) is 0.815. The minimum atomic E-state index is -0.00171. The predicted octanol–water partition coefficient (Wildman–Crippen LogP) is 3.69. The second kappa shape index (κ2) is 8.29. The van der Waals surface area contributed by atoms with Gasteiger partial charge in [0.15, 0.2) is 0 Å². The third-order valence-corrected chi connectivity index (χ3v) is 4.51. The first-order chi connectivity index (χ1) is 10.2. The first-order valence-corrected chi connectivity index (χ1v) is 8.58. The highest BCUT2D eigenvalue weighted by Gasteiger charge is 2.26. The van der Waals surface area contributed by atoms with Gasteiger partial charge in [-0.05, 0) is 31.2 Å². The third kappa shape index (κ3) is 4.64. The summed E-state index contributed by atoms with van der Waals surface area (Å²) < 4.78 is 5.45. The number of likely N-dealkylation sites (tertiary alicyclic amines) is 1. The molecule has 1 aliphatic rings. The average Bonchev–Trinajstić information content (AvgIpc) is 2.96. The van der Waals surface area contributed by atoms with E-state index in [9.17, 15) is 4.79 Å². The number of thioether (sulfide) groups is 1. The highest BCUT2D eigenvalue weighted by Crippen LogP contribution is 2.27. The highest BCUT2D eigenvalue weighted by molar-refractivity contribution is 7.99. The average molecular weight is 308 g/mol. The summed E-state index contributed by atoms with van der Waals surface area (Å²) >= 11 is 1.74. The molecule has 2 amide bonds. The van der Waals surface area contributed by atoms with Gasteiger partial charge in [0.2, 0.25) is 0 Å². The van der Waals surface area contributed by atoms with Crippen LogP contribution in [0.2, 0.25) is 0 Å². The Bertz CT molecular complexity index is 467. The first-order valence-electron chi connectivity index (χ1n) is 7.60. The lowest BCUT2D eigenvalue weighted by atomic mass is 10.1. The van der Waals surface area contributed by atoms with Gasteiger partial charge in [0.25, 0.3) is 0 Å². The number of carbonyl (C=O) groups excluding carboxylic acids is 1. The number of para-hydroxylation sites is 1. The summed E-state index contributed by atoms with van der Waals surface area (Å²) in [6.45, 7) is 7.21. The standard InChI is InChI=1S/C16H24N2O2S/c1-3-20-12-13-9-10-18(11-13)16(19)17-14-7-5-6-8-15(14)21-4-2/h5-8,13H,3-4,9-12H2,1-2H3,(H,17,19)/t13-/m0/s1. The number of ether oxygens (including phenoxy) is 1. The van der Waals surface area contributed by atoms with E-state index in [1.807, 2.05) is 36.1 Å². The number of hydrogen-bond acceptors (Lipinski definition) is 3. The predicted molar refractivity (Wildman–Crippen MR) is 88.0 cm³/mol. The van der Waals surface area contributed by atoms with Crippen molar-refractivity contribution in [2.24, 2.45) is 5.92 Å². The van der Waals surface area contributed by atoms with Crippen LogP contribution in [0.4, 0.5) is 10.5 Å². The van der Waals surface area contributed by atoms with Gasteiger partial charge in [0.1, 0.15) is 0 Å². The van der Waals surface area contributed by atoms with Gasteiger partial charge in [-0.25, -0.2) is 4.79 Å². The van der Waals surface area contributed by atoms with Gasteiger partial charge in [-0.2, -0.15) is 0 Å². The molecule has 0 unspecified atom stereocenters. The molecule has 1 aromatic carbocycles. The zero-order valence-electron chi connectivity index (χ0n) is 12.8. The first kappa shape index (κ1) is 16.2. The Morgan fingerprint density at radius 3 is 3.00 bits per heavy atom. The summed E-state index contributed by atoms with van der Waals surface area (Å²) in [5.41, 5.74) is 0.905. The molecule has 2 rings (SSSR count). The van der Waals surface area contributed by atoms with Crippen LogP contribution >= 0.6 is 11.8 Å². The van der Waals surface area contributed by atoms with E-state index >= 15 is 0 Å². The van der Waals surface area contributed by atoms with E-state index in [0.29, 0.717) is 5.92 Å². The van der Waals surface area contributed by atoms with Crippen LogP contribution in [0.1, 0.15) is 20.3 Å². The van der Waals surface area contributed by atoms with Crippen LogP contribution in [0.3, 0.4) is 0 Å². The fourth-order valence-corrected chi connectivity index (χ4v) is 3.24. The van der Waals surface area contributed by atoms with Gasteiger partial charge < -0.3 is 15.0 Å². The SMILES string of the molecule is CCOC[C@H]1CCN(C(=O)Nc2ccccc2SCC)C1. The zero-order chi connectivity index (χ0) is 15.1. The zero-order valence-corrected chi connectivity index (χ0v) is 13.6. The van der Waals surface area contributed by atoms with Crippen molar-refractivity contribution in [3.63, 3.8) is 0 Å². The number of nitrogens with one attached hydrogen (secondary N) is 1. The van der Waals surface area contributed by atoms with E-state index in [4.69, 9.17) is 4.74 Å². The van der Waals surface area contributed by atoms with Crippen molar-refractivity contribution < 1.29 is 9.53 Å². The van der Waals surface area contributed by atoms with Crippen LogP contribution < -0.4 is 5.32 Å². The van der Waals surface area contributed by atoms with Crippen molar-refractivity contribution in [1.29, 1.82) is 0 Å². The largest absolute Gasteiger partial charge is 0.381 e. The molecule has 0 saturated carbocycles. The van der Waals surface area contributed by atoms with E-state index in [-0.39, 0.29) is 6.03 Å². The molecule has 116 valence electrons. The Hall–Kier alpha value is -1.20. The molecule has 0 spiro atoms. The lowest BCUT2D eigenvalue weighted by Crippen LogP contribution is -2.33. The second-order valence-corrected chi connectivity index (χ2v) is 6.43. The van der Waals surface area contributed by atoms with E-state index in [1.54, 1.807) is 11.8 Å². The molecule has 0 radical (unpaired) electrons. The molecule has 4 nitrogen and oxygen atoms in total. The van der Waals surface area contributed by atoms with Crippen LogP contribution in [0, 0.1) is 5.92 Å². The molecule has 1 heterocycles. The van der Waals surface area contributed by atoms with Crippen molar-refractivity contribution in [3.05, 3.63) is 24.3 Å². The van der Waals surface area contributed by atoms with Crippen LogP contribution in [0.15, 0.2) is 29.2 Å². The Morgan fingerprint density at radius 2 is 2.24 bits per heavy atom. The molecule has 0 aromatic heterocycles. The van der Waals surface area contributed by atoms with E-state index in [0.717, 1.165) is 49.1 Å². The van der Waals surface area contributed by atoms with Gasteiger partial charge >= 0.3 is 6.03 Å². The summed E-state index contributed by atoms with van der Waals surface area (Å²) in [5.74, 6) is 1.46. The van der Waals surface area contributed by atoms with Crippen molar-refractivity contribution in [3.8, 4) is 0 Å². The van der Waals surface area contributed by atoms with Crippen LogP contribution in [0.25, 0.3) is 0 Å². The molecule has 1 atom stereocenters. The maximum atomic E-state index is 12.4. The Balaban J connectivity index is 1.90. The molecule has 0 bridgehead atoms. The van der Waals surface area contributed by atoms with E-state index < -0.39 is 0 Å². The fourth-order valence-electron chi connectivity index (χ4n) is 2.48. The Kier molecular flexibility index (Phi) is 6.39. The number of rotatable bonds is 6. The Morgan fingerprint density at radius 1 is 1.43 bits per heavy atom. The minimum absolute atomic E-state index is 0.00171. The van der Waals surface area contributed by atoms with Crippen molar-refractivity contribution >= 4 is 23.5 Å². The van der Waals surface area contributed by atoms with Crippen molar-refractivity contribution in [2.75, 3.05) is 37.4 Å². The smallest absolute Gasteiger partial charge is 0.321 e. The van der Waals surface area contributed by atoms with Crippen molar-refractivity contribution in [1.82, 2.24) is 4.90 Å². The number of hydrogen-bond donors (Lipinski definition) is 1. The lowest BCUT2D eigenvalue weighted by molar-refractivity contribution is 0.113. The minimum Gasteiger partial charge on any atom is -0.381 e. The van der Waals surface area contributed by atoms with Crippen LogP contribution in [0.5, 0.6) is 0 Å². The fraction of sp³-hybridized carbons (Fsp3) is 0.562. The van der Waals surface area contributed by atoms with Gasteiger partial charge in [-0.3, -0.25) is 0 Å². The Labute approximate surface area is 131 Å². The number of anilines is 1. The number of urea groups is 1. The van der Waals surface area contributed by atoms with Crippen molar-refractivity contribution in [2.45, 2.75) is 25.2 Å². The highest BCUT2D eigenvalue weighted by atomic mass is 32.2. The summed E-state index contributed by atoms with van der Waals surface area (Å²) in [7, 11) is 0. The summed E-state index contributed by atoms with van der Waals surface area (Å²) in [5, 5.41) is 3.04. The third-order valence-electron chi connectivity index (χ3n) is 3.56. The molecule has 1 aromatic rings. The molecule has 1 saturated heterocycles. The van der Waals surface area contributed by atoms with Gasteiger partial charge in [0.05, 0.1) is 12.3 Å². The molecule has 1 N–H and O–H groups in total. The van der Waals surface area contributed by atoms with Crippen LogP contribution in [-0.2, 0) is 4.74 Å². The molecule has 0 aliphatic carbocycles. The number of nitrogens with zero attached hydrogens (tertiary/aromatic N) is 1. The second-order valence-electron chi connectivity index (χ2n) is 5.12. The number of amides is 2. The molecule has 5 heteroatoms. The van der Waals surface area contributed by atoms with E-state index in [2.05, 4.69) is 12.2 Å². The molecular weight excluding hydrogens is 284 g/mol. The number of carbonyl (C=O) groups is 1. The van der Waals surface area contributed by atoms with Gasteiger partial charge in [-0.15, -0.1) is 11.8 Å². The topological polar surface area (TPSA) is 41.6 Å². The maximum absolute atomic E-state index is 12.4. The summed E-state index contributed by atoms with van der Waals surface area (Å²) in [4.78, 5) is 15.4. The molecule has 21 heavy (non-hydrogen) atoms. The molecular formula is C16H24N2O2S. The monoisotopic (exact) mass is 308 g/mol. The molecule has 1 aliphatic heterocycles. The van der Waals surface area contributed by atoms with Crippen LogP contribution in [-0.4, -0.2) is 43.0 Å². The molecule has 1 fully saturated rings. The van der Waals surface area contributed by atoms with Gasteiger partial charge in [0, 0.05) is 30.5 Å².